The number of nitrogens with one attached hydrogen (secondary N) is 1. The molecule has 3 heterocycles. The fraction of sp³-hybridized carbons (Fsp3) is 0.647. The lowest BCUT2D eigenvalue weighted by Gasteiger charge is -2.27. The molecule has 0 aliphatic carbocycles. The number of fused-ring (bicyclic) bond motifs is 1. The average molecular weight is 330 g/mol. The fourth-order valence-electron chi connectivity index (χ4n) is 2.95. The molecule has 1 N–H and O–H groups in total. The fourth-order valence-corrected chi connectivity index (χ4v) is 2.95. The van der Waals surface area contributed by atoms with Crippen LogP contribution >= 0.6 is 0 Å². The molecule has 0 saturated carbocycles. The Balaban J connectivity index is 1.70. The van der Waals surface area contributed by atoms with E-state index in [1.165, 1.54) is 19.3 Å². The van der Waals surface area contributed by atoms with Crippen LogP contribution in [0.15, 0.2) is 12.1 Å². The van der Waals surface area contributed by atoms with Gasteiger partial charge in [-0.3, -0.25) is 4.79 Å². The van der Waals surface area contributed by atoms with Crippen LogP contribution in [0.1, 0.15) is 51.8 Å². The number of aryl methyl sites for hydroxylation is 1. The number of piperidine rings is 1. The largest absolute Gasteiger partial charge is 0.355 e. The van der Waals surface area contributed by atoms with Gasteiger partial charge in [-0.1, -0.05) is 6.92 Å². The van der Waals surface area contributed by atoms with E-state index in [1.54, 1.807) is 4.52 Å². The number of hydrogen-bond donors (Lipinski definition) is 1. The molecule has 24 heavy (non-hydrogen) atoms. The van der Waals surface area contributed by atoms with Gasteiger partial charge in [0.1, 0.15) is 5.82 Å². The number of carbonyl (C=O) groups is 1. The number of aromatic nitrogens is 4. The summed E-state index contributed by atoms with van der Waals surface area (Å²) in [6.07, 6.45) is 5.60. The van der Waals surface area contributed by atoms with Gasteiger partial charge >= 0.3 is 0 Å². The van der Waals surface area contributed by atoms with Gasteiger partial charge in [-0.05, 0) is 44.7 Å². The molecule has 1 aliphatic heterocycles. The molecule has 0 bridgehead atoms. The summed E-state index contributed by atoms with van der Waals surface area (Å²) in [7, 11) is 0. The van der Waals surface area contributed by atoms with Gasteiger partial charge in [-0.2, -0.15) is 4.52 Å². The maximum absolute atomic E-state index is 12.0. The topological polar surface area (TPSA) is 75.4 Å². The van der Waals surface area contributed by atoms with Crippen molar-refractivity contribution in [3.05, 3.63) is 18.0 Å². The highest BCUT2D eigenvalue weighted by Crippen LogP contribution is 2.18. The summed E-state index contributed by atoms with van der Waals surface area (Å²) in [4.78, 5) is 14.3. The number of hydrogen-bond acceptors (Lipinski definition) is 5. The molecule has 2 aromatic heterocycles. The van der Waals surface area contributed by atoms with Crippen LogP contribution in [0, 0.1) is 0 Å². The molecule has 1 atom stereocenters. The molecule has 7 nitrogen and oxygen atoms in total. The molecule has 1 fully saturated rings. The number of carbonyl (C=O) groups excluding carboxylic acids is 1. The molecule has 3 rings (SSSR count). The van der Waals surface area contributed by atoms with Gasteiger partial charge in [0.25, 0.3) is 0 Å². The van der Waals surface area contributed by atoms with E-state index in [2.05, 4.69) is 27.3 Å². The van der Waals surface area contributed by atoms with Crippen molar-refractivity contribution in [2.75, 3.05) is 18.0 Å². The van der Waals surface area contributed by atoms with Crippen molar-refractivity contribution in [3.8, 4) is 0 Å². The first-order valence-electron chi connectivity index (χ1n) is 8.93. The minimum atomic E-state index is 0.0493. The molecule has 0 radical (unpaired) electrons. The van der Waals surface area contributed by atoms with Crippen LogP contribution in [0.2, 0.25) is 0 Å². The number of nitrogens with zero attached hydrogens (tertiary/aromatic N) is 5. The first kappa shape index (κ1) is 16.7. The highest BCUT2D eigenvalue weighted by Gasteiger charge is 2.15. The van der Waals surface area contributed by atoms with Crippen molar-refractivity contribution in [1.29, 1.82) is 0 Å². The molecule has 1 aliphatic rings. The van der Waals surface area contributed by atoms with Crippen LogP contribution in [0.4, 0.5) is 5.82 Å². The van der Waals surface area contributed by atoms with Crippen LogP contribution in [0.3, 0.4) is 0 Å². The van der Waals surface area contributed by atoms with Gasteiger partial charge in [0.15, 0.2) is 11.5 Å². The third-order valence-corrected chi connectivity index (χ3v) is 4.59. The maximum atomic E-state index is 12.0. The normalized spacial score (nSPS) is 16.3. The average Bonchev–Trinajstić information content (AvgIpc) is 3.03. The SMILES string of the molecule is CC[C@H](C)NC(=O)CCc1nnc2ccc(N3CCCCC3)nn12. The zero-order chi connectivity index (χ0) is 16.9. The molecule has 1 saturated heterocycles. The van der Waals surface area contributed by atoms with E-state index in [4.69, 9.17) is 5.10 Å². The Bertz CT molecular complexity index is 691. The summed E-state index contributed by atoms with van der Waals surface area (Å²) >= 11 is 0. The third-order valence-electron chi connectivity index (χ3n) is 4.59. The van der Waals surface area contributed by atoms with E-state index in [-0.39, 0.29) is 11.9 Å². The first-order valence-corrected chi connectivity index (χ1v) is 8.93. The molecule has 0 spiro atoms. The molecular weight excluding hydrogens is 304 g/mol. The molecule has 0 aromatic carbocycles. The van der Waals surface area contributed by atoms with Gasteiger partial charge in [0, 0.05) is 32.0 Å². The second-order valence-corrected chi connectivity index (χ2v) is 6.50. The van der Waals surface area contributed by atoms with Crippen molar-refractivity contribution in [1.82, 2.24) is 25.1 Å². The summed E-state index contributed by atoms with van der Waals surface area (Å²) < 4.78 is 1.78. The van der Waals surface area contributed by atoms with E-state index >= 15 is 0 Å². The zero-order valence-corrected chi connectivity index (χ0v) is 14.5. The van der Waals surface area contributed by atoms with E-state index in [0.717, 1.165) is 36.8 Å². The summed E-state index contributed by atoms with van der Waals surface area (Å²) in [5, 5.41) is 16.0. The van der Waals surface area contributed by atoms with Crippen LogP contribution in [-0.4, -0.2) is 44.8 Å². The van der Waals surface area contributed by atoms with Crippen molar-refractivity contribution in [2.45, 2.75) is 58.4 Å². The molecule has 0 unspecified atom stereocenters. The Morgan fingerprint density at radius 3 is 2.79 bits per heavy atom. The predicted molar refractivity (Wildman–Crippen MR) is 93.1 cm³/mol. The van der Waals surface area contributed by atoms with Crippen molar-refractivity contribution in [2.24, 2.45) is 0 Å². The number of anilines is 1. The van der Waals surface area contributed by atoms with Crippen LogP contribution in [0.25, 0.3) is 5.65 Å². The molecule has 7 heteroatoms. The Labute approximate surface area is 142 Å². The Morgan fingerprint density at radius 2 is 2.04 bits per heavy atom. The van der Waals surface area contributed by atoms with Crippen LogP contribution in [-0.2, 0) is 11.2 Å². The second-order valence-electron chi connectivity index (χ2n) is 6.50. The Morgan fingerprint density at radius 1 is 1.25 bits per heavy atom. The van der Waals surface area contributed by atoms with Crippen molar-refractivity contribution in [3.63, 3.8) is 0 Å². The Hall–Kier alpha value is -2.18. The maximum Gasteiger partial charge on any atom is 0.220 e. The lowest BCUT2D eigenvalue weighted by Crippen LogP contribution is -2.32. The van der Waals surface area contributed by atoms with E-state index < -0.39 is 0 Å². The first-order chi connectivity index (χ1) is 11.7. The van der Waals surface area contributed by atoms with Gasteiger partial charge in [0.05, 0.1) is 0 Å². The van der Waals surface area contributed by atoms with E-state index in [9.17, 15) is 4.79 Å². The van der Waals surface area contributed by atoms with Crippen molar-refractivity contribution < 1.29 is 4.79 Å². The lowest BCUT2D eigenvalue weighted by atomic mass is 10.1. The third kappa shape index (κ3) is 3.83. The smallest absolute Gasteiger partial charge is 0.220 e. The lowest BCUT2D eigenvalue weighted by molar-refractivity contribution is -0.121. The molecule has 2 aromatic rings. The van der Waals surface area contributed by atoms with Gasteiger partial charge in [0.2, 0.25) is 5.91 Å². The number of rotatable bonds is 6. The number of amides is 1. The summed E-state index contributed by atoms with van der Waals surface area (Å²) in [5.74, 6) is 1.75. The van der Waals surface area contributed by atoms with E-state index in [1.807, 2.05) is 19.1 Å². The molecule has 1 amide bonds. The highest BCUT2D eigenvalue weighted by molar-refractivity contribution is 5.76. The summed E-state index contributed by atoms with van der Waals surface area (Å²) in [6.45, 7) is 6.17. The zero-order valence-electron chi connectivity index (χ0n) is 14.5. The van der Waals surface area contributed by atoms with Gasteiger partial charge in [-0.15, -0.1) is 15.3 Å². The quantitative estimate of drug-likeness (QED) is 0.876. The van der Waals surface area contributed by atoms with Gasteiger partial charge < -0.3 is 10.2 Å². The molecule has 130 valence electrons. The summed E-state index contributed by atoms with van der Waals surface area (Å²) in [6, 6.07) is 4.16. The standard InChI is InChI=1S/C17H26N6O/c1-3-13(2)18-17(24)10-9-15-20-19-14-7-8-16(21-23(14)15)22-11-5-4-6-12-22/h7-8,13H,3-6,9-12H2,1-2H3,(H,18,24)/t13-/m0/s1. The minimum Gasteiger partial charge on any atom is -0.355 e. The minimum absolute atomic E-state index is 0.0493. The monoisotopic (exact) mass is 330 g/mol. The Kier molecular flexibility index (Phi) is 5.27. The highest BCUT2D eigenvalue weighted by atomic mass is 16.1. The van der Waals surface area contributed by atoms with Crippen LogP contribution in [0.5, 0.6) is 0 Å². The molecular formula is C17H26N6O. The second kappa shape index (κ2) is 7.59. The van der Waals surface area contributed by atoms with Gasteiger partial charge in [-0.25, -0.2) is 0 Å². The van der Waals surface area contributed by atoms with E-state index in [0.29, 0.717) is 12.8 Å². The van der Waals surface area contributed by atoms with Crippen molar-refractivity contribution >= 4 is 17.4 Å². The predicted octanol–water partition coefficient (Wildman–Crippen LogP) is 1.96. The summed E-state index contributed by atoms with van der Waals surface area (Å²) in [5.41, 5.74) is 0.730. The van der Waals surface area contributed by atoms with Crippen LogP contribution < -0.4 is 10.2 Å².